The number of piperazine rings is 1. The van der Waals surface area contributed by atoms with Gasteiger partial charge < -0.3 is 4.90 Å². The van der Waals surface area contributed by atoms with Crippen LogP contribution in [0.5, 0.6) is 0 Å². The van der Waals surface area contributed by atoms with E-state index in [0.29, 0.717) is 24.5 Å². The Bertz CT molecular complexity index is 958. The molecule has 3 fully saturated rings. The van der Waals surface area contributed by atoms with E-state index in [9.17, 15) is 4.79 Å². The second kappa shape index (κ2) is 7.99. The van der Waals surface area contributed by atoms with E-state index in [1.165, 1.54) is 48.8 Å². The number of carbonyl (C=O) groups is 1. The Morgan fingerprint density at radius 2 is 1.81 bits per heavy atom. The number of fused-ring (bicyclic) bond motifs is 3. The van der Waals surface area contributed by atoms with Crippen molar-refractivity contribution < 1.29 is 4.79 Å². The van der Waals surface area contributed by atoms with Crippen LogP contribution in [0.4, 0.5) is 0 Å². The van der Waals surface area contributed by atoms with Crippen LogP contribution in [0.3, 0.4) is 0 Å². The van der Waals surface area contributed by atoms with Crippen molar-refractivity contribution in [3.05, 3.63) is 48.0 Å². The van der Waals surface area contributed by atoms with Gasteiger partial charge in [-0.15, -0.1) is 0 Å². The van der Waals surface area contributed by atoms with Gasteiger partial charge in [-0.1, -0.05) is 31.0 Å². The fourth-order valence-electron chi connectivity index (χ4n) is 6.34. The second-order valence-corrected chi connectivity index (χ2v) is 9.80. The molecule has 0 radical (unpaired) electrons. The molecule has 4 heterocycles. The van der Waals surface area contributed by atoms with Crippen molar-refractivity contribution in [1.29, 1.82) is 0 Å². The Labute approximate surface area is 184 Å². The largest absolute Gasteiger partial charge is 0.336 e. The Kier molecular flexibility index (Phi) is 4.99. The summed E-state index contributed by atoms with van der Waals surface area (Å²) in [5, 5.41) is 0. The molecule has 1 aromatic heterocycles. The first-order valence-corrected chi connectivity index (χ1v) is 11.9. The molecule has 2 bridgehead atoms. The van der Waals surface area contributed by atoms with Gasteiger partial charge in [0.15, 0.2) is 0 Å². The van der Waals surface area contributed by atoms with Crippen molar-refractivity contribution in [1.82, 2.24) is 24.7 Å². The van der Waals surface area contributed by atoms with Crippen LogP contribution >= 0.6 is 0 Å². The van der Waals surface area contributed by atoms with Gasteiger partial charge in [0.25, 0.3) is 0 Å². The molecule has 0 spiro atoms. The minimum Gasteiger partial charge on any atom is -0.336 e. The third kappa shape index (κ3) is 3.66. The van der Waals surface area contributed by atoms with Gasteiger partial charge >= 0.3 is 0 Å². The summed E-state index contributed by atoms with van der Waals surface area (Å²) in [7, 11) is 0. The molecule has 6 nitrogen and oxygen atoms in total. The van der Waals surface area contributed by atoms with Crippen molar-refractivity contribution in [2.75, 3.05) is 26.2 Å². The summed E-state index contributed by atoms with van der Waals surface area (Å²) in [5.74, 6) is 0.333. The Morgan fingerprint density at radius 1 is 0.968 bits per heavy atom. The Hall–Kier alpha value is -2.31. The standard InChI is InChI=1S/C25H31N5O/c31-25(30-15-23-10-24(30)14-29(23)22-3-1-2-4-22)16-28-8-7-19-9-18(5-6-20(19)13-28)21-11-26-17-27-12-21/h5-6,9,11-12,17,22-24H,1-4,7-8,10,13-16H2. The number of amides is 1. The molecule has 4 aliphatic rings. The van der Waals surface area contributed by atoms with Crippen LogP contribution < -0.4 is 0 Å². The van der Waals surface area contributed by atoms with Gasteiger partial charge in [0, 0.05) is 62.3 Å². The van der Waals surface area contributed by atoms with E-state index in [1.807, 2.05) is 12.4 Å². The normalized spacial score (nSPS) is 26.5. The van der Waals surface area contributed by atoms with Crippen LogP contribution in [0, 0.1) is 0 Å². The highest BCUT2D eigenvalue weighted by molar-refractivity contribution is 5.79. The van der Waals surface area contributed by atoms with Crippen LogP contribution in [0.1, 0.15) is 43.2 Å². The van der Waals surface area contributed by atoms with E-state index in [4.69, 9.17) is 0 Å². The quantitative estimate of drug-likeness (QED) is 0.766. The van der Waals surface area contributed by atoms with E-state index in [1.54, 1.807) is 6.33 Å². The molecular formula is C25H31N5O. The first-order chi connectivity index (χ1) is 15.2. The van der Waals surface area contributed by atoms with Gasteiger partial charge in [-0.25, -0.2) is 9.97 Å². The lowest BCUT2D eigenvalue weighted by molar-refractivity contribution is -0.135. The zero-order valence-electron chi connectivity index (χ0n) is 18.1. The van der Waals surface area contributed by atoms with E-state index in [2.05, 4.69) is 42.9 Å². The van der Waals surface area contributed by atoms with Gasteiger partial charge in [-0.05, 0) is 42.4 Å². The predicted octanol–water partition coefficient (Wildman–Crippen LogP) is 2.73. The number of hydrogen-bond acceptors (Lipinski definition) is 5. The number of rotatable bonds is 4. The molecule has 6 heteroatoms. The molecule has 2 unspecified atom stereocenters. The molecule has 31 heavy (non-hydrogen) atoms. The highest BCUT2D eigenvalue weighted by atomic mass is 16.2. The van der Waals surface area contributed by atoms with Crippen molar-refractivity contribution >= 4 is 5.91 Å². The van der Waals surface area contributed by atoms with E-state index < -0.39 is 0 Å². The SMILES string of the molecule is O=C(CN1CCc2cc(-c3cncnc3)ccc2C1)N1CC2CC1CN2C1CCCC1. The number of nitrogens with zero attached hydrogens (tertiary/aromatic N) is 5. The van der Waals surface area contributed by atoms with Crippen molar-refractivity contribution in [3.63, 3.8) is 0 Å². The minimum absolute atomic E-state index is 0.333. The van der Waals surface area contributed by atoms with Gasteiger partial charge in [0.1, 0.15) is 6.33 Å². The van der Waals surface area contributed by atoms with E-state index in [-0.39, 0.29) is 0 Å². The van der Waals surface area contributed by atoms with E-state index >= 15 is 0 Å². The van der Waals surface area contributed by atoms with Crippen LogP contribution in [-0.4, -0.2) is 74.9 Å². The summed E-state index contributed by atoms with van der Waals surface area (Å²) in [5.41, 5.74) is 4.95. The van der Waals surface area contributed by atoms with Crippen molar-refractivity contribution in [3.8, 4) is 11.1 Å². The van der Waals surface area contributed by atoms with Gasteiger partial charge in [0.05, 0.1) is 6.54 Å². The maximum Gasteiger partial charge on any atom is 0.237 e. The zero-order chi connectivity index (χ0) is 20.8. The molecule has 162 valence electrons. The van der Waals surface area contributed by atoms with Crippen LogP contribution in [0.15, 0.2) is 36.9 Å². The monoisotopic (exact) mass is 417 g/mol. The van der Waals surface area contributed by atoms with Crippen LogP contribution in [0.25, 0.3) is 11.1 Å². The minimum atomic E-state index is 0.333. The highest BCUT2D eigenvalue weighted by Gasteiger charge is 2.47. The summed E-state index contributed by atoms with van der Waals surface area (Å²) in [6.07, 6.45) is 13.0. The summed E-state index contributed by atoms with van der Waals surface area (Å²) >= 11 is 0. The van der Waals surface area contributed by atoms with Crippen LogP contribution in [-0.2, 0) is 17.8 Å². The topological polar surface area (TPSA) is 52.6 Å². The summed E-state index contributed by atoms with van der Waals surface area (Å²) in [6, 6.07) is 8.49. The predicted molar refractivity (Wildman–Crippen MR) is 119 cm³/mol. The third-order valence-corrected chi connectivity index (χ3v) is 7.95. The molecule has 2 atom stereocenters. The lowest BCUT2D eigenvalue weighted by Gasteiger charge is -2.38. The fraction of sp³-hybridized carbons (Fsp3) is 0.560. The van der Waals surface area contributed by atoms with Crippen molar-refractivity contribution in [2.45, 2.75) is 63.2 Å². The number of benzene rings is 1. The Morgan fingerprint density at radius 3 is 2.58 bits per heavy atom. The highest BCUT2D eigenvalue weighted by Crippen LogP contribution is 2.37. The zero-order valence-corrected chi connectivity index (χ0v) is 18.1. The molecule has 1 amide bonds. The summed E-state index contributed by atoms with van der Waals surface area (Å²) in [6.45, 7) is 4.43. The first kappa shape index (κ1) is 19.4. The molecule has 3 aliphatic heterocycles. The number of carbonyl (C=O) groups excluding carboxylic acids is 1. The fourth-order valence-corrected chi connectivity index (χ4v) is 6.34. The van der Waals surface area contributed by atoms with E-state index in [0.717, 1.165) is 44.2 Å². The maximum absolute atomic E-state index is 13.1. The number of likely N-dealkylation sites (tertiary alicyclic amines) is 2. The molecule has 0 N–H and O–H groups in total. The first-order valence-electron chi connectivity index (χ1n) is 11.9. The third-order valence-electron chi connectivity index (χ3n) is 7.95. The number of aromatic nitrogens is 2. The molecule has 1 aromatic carbocycles. The van der Waals surface area contributed by atoms with Gasteiger partial charge in [-0.3, -0.25) is 14.6 Å². The van der Waals surface area contributed by atoms with Gasteiger partial charge in [-0.2, -0.15) is 0 Å². The summed E-state index contributed by atoms with van der Waals surface area (Å²) in [4.78, 5) is 28.7. The Balaban J connectivity index is 1.07. The van der Waals surface area contributed by atoms with Gasteiger partial charge in [0.2, 0.25) is 5.91 Å². The maximum atomic E-state index is 13.1. The molecule has 6 rings (SSSR count). The lowest BCUT2D eigenvalue weighted by Crippen LogP contribution is -2.53. The molecule has 1 saturated carbocycles. The number of hydrogen-bond donors (Lipinski definition) is 0. The molecular weight excluding hydrogens is 386 g/mol. The average molecular weight is 418 g/mol. The molecule has 2 saturated heterocycles. The average Bonchev–Trinajstić information content (AvgIpc) is 3.56. The van der Waals surface area contributed by atoms with Crippen LogP contribution in [0.2, 0.25) is 0 Å². The molecule has 1 aliphatic carbocycles. The smallest absolute Gasteiger partial charge is 0.237 e. The molecule has 2 aromatic rings. The lowest BCUT2D eigenvalue weighted by atomic mass is 9.95. The summed E-state index contributed by atoms with van der Waals surface area (Å²) < 4.78 is 0. The second-order valence-electron chi connectivity index (χ2n) is 9.80. The van der Waals surface area contributed by atoms with Crippen molar-refractivity contribution in [2.24, 2.45) is 0 Å².